The van der Waals surface area contributed by atoms with E-state index in [4.69, 9.17) is 0 Å². The number of likely N-dealkylation sites (N-methyl/N-ethyl adjacent to an activating group) is 2. The van der Waals surface area contributed by atoms with Gasteiger partial charge in [0, 0.05) is 19.6 Å². The number of unbranched alkanes of at least 4 members (excludes halogenated alkanes) is 8. The van der Waals surface area contributed by atoms with E-state index in [1.54, 1.807) is 0 Å². The SMILES string of the molecule is CCCCCCCCCCC=CN(CC)CCN(CC)CC. The van der Waals surface area contributed by atoms with Crippen molar-refractivity contribution in [2.24, 2.45) is 0 Å². The van der Waals surface area contributed by atoms with E-state index in [0.717, 1.165) is 26.2 Å². The van der Waals surface area contributed by atoms with E-state index in [2.05, 4.69) is 49.8 Å². The lowest BCUT2D eigenvalue weighted by Crippen LogP contribution is -2.32. The third-order valence-corrected chi connectivity index (χ3v) is 4.54. The second-order valence-electron chi connectivity index (χ2n) is 6.30. The molecular weight excluding hydrogens is 268 g/mol. The summed E-state index contributed by atoms with van der Waals surface area (Å²) in [5.74, 6) is 0. The summed E-state index contributed by atoms with van der Waals surface area (Å²) in [5.41, 5.74) is 0. The van der Waals surface area contributed by atoms with Gasteiger partial charge in [0.1, 0.15) is 0 Å². The fraction of sp³-hybridized carbons (Fsp3) is 0.900. The maximum atomic E-state index is 2.50. The first kappa shape index (κ1) is 21.5. The van der Waals surface area contributed by atoms with Crippen molar-refractivity contribution in [3.63, 3.8) is 0 Å². The highest BCUT2D eigenvalue weighted by molar-refractivity contribution is 4.82. The molecule has 0 aliphatic heterocycles. The molecule has 2 heteroatoms. The molecule has 22 heavy (non-hydrogen) atoms. The van der Waals surface area contributed by atoms with E-state index in [0.29, 0.717) is 0 Å². The maximum absolute atomic E-state index is 2.50. The van der Waals surface area contributed by atoms with Gasteiger partial charge in [0.25, 0.3) is 0 Å². The van der Waals surface area contributed by atoms with Crippen LogP contribution < -0.4 is 0 Å². The Kier molecular flexibility index (Phi) is 16.5. The highest BCUT2D eigenvalue weighted by Crippen LogP contribution is 2.09. The van der Waals surface area contributed by atoms with E-state index in [-0.39, 0.29) is 0 Å². The fourth-order valence-electron chi connectivity index (χ4n) is 2.77. The van der Waals surface area contributed by atoms with Crippen LogP contribution in [0.2, 0.25) is 0 Å². The predicted octanol–water partition coefficient (Wildman–Crippen LogP) is 5.69. The molecule has 132 valence electrons. The molecule has 0 spiro atoms. The minimum absolute atomic E-state index is 1.12. The van der Waals surface area contributed by atoms with Gasteiger partial charge in [-0.3, -0.25) is 0 Å². The van der Waals surface area contributed by atoms with Gasteiger partial charge >= 0.3 is 0 Å². The Balaban J connectivity index is 3.55. The summed E-state index contributed by atoms with van der Waals surface area (Å²) >= 11 is 0. The summed E-state index contributed by atoms with van der Waals surface area (Å²) in [7, 11) is 0. The topological polar surface area (TPSA) is 6.48 Å². The van der Waals surface area contributed by atoms with E-state index in [9.17, 15) is 0 Å². The highest BCUT2D eigenvalue weighted by Gasteiger charge is 2.01. The number of allylic oxidation sites excluding steroid dienone is 1. The lowest BCUT2D eigenvalue weighted by molar-refractivity contribution is 0.259. The summed E-state index contributed by atoms with van der Waals surface area (Å²) in [6.07, 6.45) is 17.2. The molecule has 0 saturated heterocycles. The first-order valence-corrected chi connectivity index (χ1v) is 9.91. The van der Waals surface area contributed by atoms with E-state index in [1.165, 1.54) is 64.3 Å². The molecule has 0 atom stereocenters. The molecule has 0 N–H and O–H groups in total. The van der Waals surface area contributed by atoms with Crippen molar-refractivity contribution in [2.75, 3.05) is 32.7 Å². The van der Waals surface area contributed by atoms with Gasteiger partial charge < -0.3 is 9.80 Å². The Morgan fingerprint density at radius 1 is 0.636 bits per heavy atom. The Bertz CT molecular complexity index is 234. The Hall–Kier alpha value is -0.500. The van der Waals surface area contributed by atoms with Crippen molar-refractivity contribution in [2.45, 2.75) is 85.5 Å². The molecule has 0 saturated carbocycles. The van der Waals surface area contributed by atoms with E-state index < -0.39 is 0 Å². The number of nitrogens with zero attached hydrogens (tertiary/aromatic N) is 2. The van der Waals surface area contributed by atoms with Gasteiger partial charge in [0.15, 0.2) is 0 Å². The maximum Gasteiger partial charge on any atom is 0.0300 e. The molecule has 0 aromatic carbocycles. The number of rotatable bonds is 16. The van der Waals surface area contributed by atoms with Crippen molar-refractivity contribution in [3.05, 3.63) is 12.3 Å². The van der Waals surface area contributed by atoms with Gasteiger partial charge in [-0.25, -0.2) is 0 Å². The monoisotopic (exact) mass is 310 g/mol. The molecule has 0 aliphatic carbocycles. The van der Waals surface area contributed by atoms with Crippen molar-refractivity contribution in [1.82, 2.24) is 9.80 Å². The molecule has 0 amide bonds. The molecule has 0 radical (unpaired) electrons. The highest BCUT2D eigenvalue weighted by atomic mass is 15.2. The third kappa shape index (κ3) is 13.2. The predicted molar refractivity (Wildman–Crippen MR) is 101 cm³/mol. The molecule has 0 aromatic rings. The molecule has 0 unspecified atom stereocenters. The summed E-state index contributed by atoms with van der Waals surface area (Å²) in [4.78, 5) is 4.94. The Morgan fingerprint density at radius 2 is 1.23 bits per heavy atom. The largest absolute Gasteiger partial charge is 0.377 e. The van der Waals surface area contributed by atoms with Crippen molar-refractivity contribution in [1.29, 1.82) is 0 Å². The molecular formula is C20H42N2. The van der Waals surface area contributed by atoms with E-state index in [1.807, 2.05) is 0 Å². The normalized spacial score (nSPS) is 11.7. The van der Waals surface area contributed by atoms with Gasteiger partial charge in [-0.15, -0.1) is 0 Å². The average molecular weight is 311 g/mol. The summed E-state index contributed by atoms with van der Waals surface area (Å²) < 4.78 is 0. The molecule has 0 bridgehead atoms. The van der Waals surface area contributed by atoms with Crippen molar-refractivity contribution in [3.8, 4) is 0 Å². The fourth-order valence-corrected chi connectivity index (χ4v) is 2.77. The Labute approximate surface area is 141 Å². The van der Waals surface area contributed by atoms with Gasteiger partial charge in [0.05, 0.1) is 0 Å². The second-order valence-corrected chi connectivity index (χ2v) is 6.30. The van der Waals surface area contributed by atoms with Crippen LogP contribution in [0.1, 0.15) is 85.5 Å². The van der Waals surface area contributed by atoms with Crippen LogP contribution in [0.25, 0.3) is 0 Å². The smallest absolute Gasteiger partial charge is 0.0300 e. The zero-order chi connectivity index (χ0) is 16.5. The van der Waals surface area contributed by atoms with Crippen molar-refractivity contribution < 1.29 is 0 Å². The van der Waals surface area contributed by atoms with Crippen molar-refractivity contribution >= 4 is 0 Å². The van der Waals surface area contributed by atoms with Crippen LogP contribution in [-0.2, 0) is 0 Å². The minimum atomic E-state index is 1.12. The standard InChI is InChI=1S/C20H42N2/c1-5-9-10-11-12-13-14-15-16-17-18-22(8-4)20-19-21(6-2)7-3/h17-18H,5-16,19-20H2,1-4H3. The first-order chi connectivity index (χ1) is 10.8. The lowest BCUT2D eigenvalue weighted by atomic mass is 10.1. The van der Waals surface area contributed by atoms with Gasteiger partial charge in [-0.2, -0.15) is 0 Å². The number of hydrogen-bond donors (Lipinski definition) is 0. The molecule has 0 aromatic heterocycles. The summed E-state index contributed by atoms with van der Waals surface area (Å²) in [6, 6.07) is 0. The summed E-state index contributed by atoms with van der Waals surface area (Å²) in [6.45, 7) is 14.8. The molecule has 0 fully saturated rings. The van der Waals surface area contributed by atoms with Crippen LogP contribution in [-0.4, -0.2) is 42.5 Å². The van der Waals surface area contributed by atoms with Crippen LogP contribution in [0.4, 0.5) is 0 Å². The lowest BCUT2D eigenvalue weighted by Gasteiger charge is -2.24. The molecule has 2 nitrogen and oxygen atoms in total. The van der Waals surface area contributed by atoms with Crippen LogP contribution in [0.5, 0.6) is 0 Å². The third-order valence-electron chi connectivity index (χ3n) is 4.54. The minimum Gasteiger partial charge on any atom is -0.377 e. The van der Waals surface area contributed by atoms with Crippen LogP contribution in [0.15, 0.2) is 12.3 Å². The van der Waals surface area contributed by atoms with E-state index >= 15 is 0 Å². The number of hydrogen-bond acceptors (Lipinski definition) is 2. The van der Waals surface area contributed by atoms with Crippen LogP contribution in [0.3, 0.4) is 0 Å². The Morgan fingerprint density at radius 3 is 1.77 bits per heavy atom. The molecule has 0 heterocycles. The summed E-state index contributed by atoms with van der Waals surface area (Å²) in [5, 5.41) is 0. The van der Waals surface area contributed by atoms with Gasteiger partial charge in [0.2, 0.25) is 0 Å². The second kappa shape index (κ2) is 16.9. The van der Waals surface area contributed by atoms with Gasteiger partial charge in [-0.05, 0) is 39.1 Å². The van der Waals surface area contributed by atoms with Crippen LogP contribution >= 0.6 is 0 Å². The zero-order valence-corrected chi connectivity index (χ0v) is 15.9. The average Bonchev–Trinajstić information content (AvgIpc) is 2.55. The van der Waals surface area contributed by atoms with Gasteiger partial charge in [-0.1, -0.05) is 71.8 Å². The molecule has 0 aliphatic rings. The first-order valence-electron chi connectivity index (χ1n) is 9.91. The zero-order valence-electron chi connectivity index (χ0n) is 15.9. The quantitative estimate of drug-likeness (QED) is 0.338. The van der Waals surface area contributed by atoms with Crippen LogP contribution in [0, 0.1) is 0 Å². The molecule has 0 rings (SSSR count).